The zero-order chi connectivity index (χ0) is 11.4. The lowest BCUT2D eigenvalue weighted by Gasteiger charge is -2.34. The van der Waals surface area contributed by atoms with Crippen molar-refractivity contribution >= 4 is 5.91 Å². The fraction of sp³-hybridized carbons (Fsp3) is 0.500. The molecule has 1 aromatic heterocycles. The zero-order valence-electron chi connectivity index (χ0n) is 8.87. The Morgan fingerprint density at radius 2 is 2.31 bits per heavy atom. The van der Waals surface area contributed by atoms with Gasteiger partial charge in [-0.05, 0) is 0 Å². The van der Waals surface area contributed by atoms with Gasteiger partial charge in [-0.15, -0.1) is 0 Å². The summed E-state index contributed by atoms with van der Waals surface area (Å²) in [5.41, 5.74) is 6.09. The molecule has 0 radical (unpaired) electrons. The molecule has 1 aliphatic heterocycles. The molecule has 1 saturated heterocycles. The van der Waals surface area contributed by atoms with E-state index in [-0.39, 0.29) is 11.9 Å². The van der Waals surface area contributed by atoms with Crippen LogP contribution in [-0.4, -0.2) is 53.1 Å². The van der Waals surface area contributed by atoms with Crippen LogP contribution < -0.4 is 5.73 Å². The van der Waals surface area contributed by atoms with Gasteiger partial charge in [-0.2, -0.15) is 0 Å². The zero-order valence-corrected chi connectivity index (χ0v) is 8.87. The molecule has 2 N–H and O–H groups in total. The summed E-state index contributed by atoms with van der Waals surface area (Å²) >= 11 is 0. The van der Waals surface area contributed by atoms with Gasteiger partial charge in [0.15, 0.2) is 0 Å². The number of nitrogens with two attached hydrogens (primary N) is 1. The summed E-state index contributed by atoms with van der Waals surface area (Å²) in [4.78, 5) is 21.5. The summed E-state index contributed by atoms with van der Waals surface area (Å²) in [6.45, 7) is 2.01. The molecule has 1 fully saturated rings. The van der Waals surface area contributed by atoms with Crippen molar-refractivity contribution in [2.45, 2.75) is 6.04 Å². The third kappa shape index (κ3) is 2.17. The molecule has 0 aromatic carbocycles. The monoisotopic (exact) mass is 222 g/mol. The summed E-state index contributed by atoms with van der Waals surface area (Å²) in [6, 6.07) is -0.0542. The summed E-state index contributed by atoms with van der Waals surface area (Å²) < 4.78 is 5.28. The molecule has 16 heavy (non-hydrogen) atoms. The second-order valence-electron chi connectivity index (χ2n) is 3.59. The first-order valence-corrected chi connectivity index (χ1v) is 5.16. The number of carbonyl (C=O) groups excluding carboxylic acids is 1. The molecular formula is C10H14N4O2. The van der Waals surface area contributed by atoms with Crippen LogP contribution in [-0.2, 0) is 4.74 Å². The minimum absolute atomic E-state index is 0.0542. The largest absolute Gasteiger partial charge is 0.377 e. The number of morpholine rings is 1. The maximum absolute atomic E-state index is 12.1. The van der Waals surface area contributed by atoms with Crippen LogP contribution in [0.3, 0.4) is 0 Å². The van der Waals surface area contributed by atoms with Gasteiger partial charge in [-0.1, -0.05) is 0 Å². The van der Waals surface area contributed by atoms with Crippen molar-refractivity contribution in [3.63, 3.8) is 0 Å². The SMILES string of the molecule is NCC1COCCN1C(=O)c1cncnc1. The highest BCUT2D eigenvalue weighted by Crippen LogP contribution is 2.10. The minimum Gasteiger partial charge on any atom is -0.377 e. The van der Waals surface area contributed by atoms with E-state index in [4.69, 9.17) is 10.5 Å². The Hall–Kier alpha value is -1.53. The molecular weight excluding hydrogens is 208 g/mol. The first-order valence-electron chi connectivity index (χ1n) is 5.16. The highest BCUT2D eigenvalue weighted by Gasteiger charge is 2.27. The molecule has 1 aromatic rings. The van der Waals surface area contributed by atoms with Crippen LogP contribution in [0.5, 0.6) is 0 Å². The molecule has 0 bridgehead atoms. The maximum Gasteiger partial charge on any atom is 0.257 e. The molecule has 1 aliphatic rings. The third-order valence-electron chi connectivity index (χ3n) is 2.57. The third-order valence-corrected chi connectivity index (χ3v) is 2.57. The lowest BCUT2D eigenvalue weighted by Crippen LogP contribution is -2.52. The lowest BCUT2D eigenvalue weighted by atomic mass is 10.2. The Morgan fingerprint density at radius 3 is 3.00 bits per heavy atom. The van der Waals surface area contributed by atoms with Gasteiger partial charge in [0, 0.05) is 25.5 Å². The van der Waals surface area contributed by atoms with Crippen LogP contribution >= 0.6 is 0 Å². The van der Waals surface area contributed by atoms with Crippen molar-refractivity contribution in [2.24, 2.45) is 5.73 Å². The Morgan fingerprint density at radius 1 is 1.56 bits per heavy atom. The van der Waals surface area contributed by atoms with E-state index in [1.165, 1.54) is 18.7 Å². The molecule has 6 nitrogen and oxygen atoms in total. The number of nitrogens with zero attached hydrogens (tertiary/aromatic N) is 3. The van der Waals surface area contributed by atoms with Crippen LogP contribution in [0.4, 0.5) is 0 Å². The molecule has 2 rings (SSSR count). The maximum atomic E-state index is 12.1. The molecule has 1 unspecified atom stereocenters. The van der Waals surface area contributed by atoms with Crippen LogP contribution in [0, 0.1) is 0 Å². The van der Waals surface area contributed by atoms with Gasteiger partial charge in [0.25, 0.3) is 5.91 Å². The normalized spacial score (nSPS) is 20.8. The first-order chi connectivity index (χ1) is 7.83. The summed E-state index contributed by atoms with van der Waals surface area (Å²) in [5.74, 6) is -0.0839. The van der Waals surface area contributed by atoms with E-state index in [9.17, 15) is 4.79 Å². The van der Waals surface area contributed by atoms with Gasteiger partial charge in [-0.3, -0.25) is 4.79 Å². The second kappa shape index (κ2) is 5.00. The molecule has 2 heterocycles. The Bertz CT molecular complexity index is 357. The van der Waals surface area contributed by atoms with Gasteiger partial charge >= 0.3 is 0 Å². The predicted molar refractivity (Wildman–Crippen MR) is 56.7 cm³/mol. The molecule has 1 amide bonds. The van der Waals surface area contributed by atoms with Gasteiger partial charge in [0.1, 0.15) is 6.33 Å². The average Bonchev–Trinajstić information content (AvgIpc) is 2.39. The number of hydrogen-bond donors (Lipinski definition) is 1. The summed E-state index contributed by atoms with van der Waals surface area (Å²) in [7, 11) is 0. The standard InChI is InChI=1S/C10H14N4O2/c11-3-9-6-16-2-1-14(9)10(15)8-4-12-7-13-5-8/h4-5,7,9H,1-3,6,11H2. The van der Waals surface area contributed by atoms with E-state index in [0.717, 1.165) is 0 Å². The van der Waals surface area contributed by atoms with Gasteiger partial charge in [0.05, 0.1) is 24.8 Å². The Balaban J connectivity index is 2.14. The topological polar surface area (TPSA) is 81.3 Å². The summed E-state index contributed by atoms with van der Waals surface area (Å²) in [5, 5.41) is 0. The fourth-order valence-corrected chi connectivity index (χ4v) is 1.69. The quantitative estimate of drug-likeness (QED) is 0.714. The van der Waals surface area contributed by atoms with E-state index in [0.29, 0.717) is 31.9 Å². The lowest BCUT2D eigenvalue weighted by molar-refractivity contribution is 0.000792. The fourth-order valence-electron chi connectivity index (χ4n) is 1.69. The predicted octanol–water partition coefficient (Wildman–Crippen LogP) is -0.724. The molecule has 1 atom stereocenters. The van der Waals surface area contributed by atoms with Gasteiger partial charge < -0.3 is 15.4 Å². The summed E-state index contributed by atoms with van der Waals surface area (Å²) in [6.07, 6.45) is 4.42. The Labute approximate surface area is 93.4 Å². The molecule has 86 valence electrons. The van der Waals surface area contributed by atoms with E-state index in [2.05, 4.69) is 9.97 Å². The molecule has 0 aliphatic carbocycles. The van der Waals surface area contributed by atoms with Gasteiger partial charge in [0.2, 0.25) is 0 Å². The van der Waals surface area contributed by atoms with E-state index < -0.39 is 0 Å². The number of rotatable bonds is 2. The van der Waals surface area contributed by atoms with Gasteiger partial charge in [-0.25, -0.2) is 9.97 Å². The van der Waals surface area contributed by atoms with Crippen molar-refractivity contribution in [3.8, 4) is 0 Å². The first kappa shape index (κ1) is 11.0. The number of aromatic nitrogens is 2. The van der Waals surface area contributed by atoms with Crippen LogP contribution in [0.1, 0.15) is 10.4 Å². The highest BCUT2D eigenvalue weighted by atomic mass is 16.5. The van der Waals surface area contributed by atoms with Crippen LogP contribution in [0.15, 0.2) is 18.7 Å². The minimum atomic E-state index is -0.0839. The number of amides is 1. The smallest absolute Gasteiger partial charge is 0.257 e. The van der Waals surface area contributed by atoms with Crippen molar-refractivity contribution in [1.29, 1.82) is 0 Å². The van der Waals surface area contributed by atoms with Crippen molar-refractivity contribution < 1.29 is 9.53 Å². The van der Waals surface area contributed by atoms with E-state index in [1.807, 2.05) is 0 Å². The van der Waals surface area contributed by atoms with E-state index in [1.54, 1.807) is 4.90 Å². The molecule has 6 heteroatoms. The van der Waals surface area contributed by atoms with Crippen molar-refractivity contribution in [3.05, 3.63) is 24.3 Å². The van der Waals surface area contributed by atoms with E-state index >= 15 is 0 Å². The Kier molecular flexibility index (Phi) is 3.43. The number of ether oxygens (including phenoxy) is 1. The van der Waals surface area contributed by atoms with Crippen molar-refractivity contribution in [2.75, 3.05) is 26.3 Å². The average molecular weight is 222 g/mol. The molecule has 0 spiro atoms. The van der Waals surface area contributed by atoms with Crippen molar-refractivity contribution in [1.82, 2.24) is 14.9 Å². The van der Waals surface area contributed by atoms with Crippen LogP contribution in [0.25, 0.3) is 0 Å². The highest BCUT2D eigenvalue weighted by molar-refractivity contribution is 5.93. The number of carbonyl (C=O) groups is 1. The number of hydrogen-bond acceptors (Lipinski definition) is 5. The molecule has 0 saturated carbocycles. The second-order valence-corrected chi connectivity index (χ2v) is 3.59. The van der Waals surface area contributed by atoms with Crippen LogP contribution in [0.2, 0.25) is 0 Å².